The second-order valence-corrected chi connectivity index (χ2v) is 3.81. The number of benzene rings is 1. The number of aromatic carboxylic acids is 1. The molecule has 0 aliphatic rings. The van der Waals surface area contributed by atoms with Gasteiger partial charge in [0.05, 0.1) is 11.6 Å². The minimum absolute atomic E-state index is 0.183. The third kappa shape index (κ3) is 1.75. The topological polar surface area (TPSA) is 46.5 Å². The summed E-state index contributed by atoms with van der Waals surface area (Å²) in [6.45, 7) is 3.78. The number of carbonyl (C=O) groups is 1. The van der Waals surface area contributed by atoms with Crippen LogP contribution in [0.4, 0.5) is 0 Å². The molecule has 0 bridgehead atoms. The lowest BCUT2D eigenvalue weighted by Crippen LogP contribution is -2.03. The first-order valence-corrected chi connectivity index (χ1v) is 4.85. The van der Waals surface area contributed by atoms with Gasteiger partial charge in [-0.05, 0) is 47.0 Å². The number of carboxylic acids is 1. The van der Waals surface area contributed by atoms with E-state index in [1.165, 1.54) is 7.11 Å². The summed E-state index contributed by atoms with van der Waals surface area (Å²) in [6.07, 6.45) is 0. The lowest BCUT2D eigenvalue weighted by Gasteiger charge is -2.11. The molecule has 0 saturated carbocycles. The summed E-state index contributed by atoms with van der Waals surface area (Å²) in [6, 6.07) is 1.61. The molecular formula is C10H11BrO3. The van der Waals surface area contributed by atoms with Crippen molar-refractivity contribution in [1.82, 2.24) is 0 Å². The summed E-state index contributed by atoms with van der Waals surface area (Å²) in [7, 11) is 1.46. The molecule has 0 radical (unpaired) electrons. The van der Waals surface area contributed by atoms with Gasteiger partial charge >= 0.3 is 5.97 Å². The Kier molecular flexibility index (Phi) is 3.16. The van der Waals surface area contributed by atoms with Gasteiger partial charge in [0, 0.05) is 0 Å². The second-order valence-electron chi connectivity index (χ2n) is 3.02. The van der Waals surface area contributed by atoms with E-state index in [9.17, 15) is 4.79 Å². The van der Waals surface area contributed by atoms with E-state index in [0.717, 1.165) is 11.1 Å². The van der Waals surface area contributed by atoms with E-state index in [0.29, 0.717) is 10.2 Å². The number of methoxy groups -OCH3 is 1. The van der Waals surface area contributed by atoms with E-state index in [-0.39, 0.29) is 5.56 Å². The fourth-order valence-corrected chi connectivity index (χ4v) is 1.90. The Balaban J connectivity index is 3.51. The Bertz CT molecular complexity index is 385. The molecule has 14 heavy (non-hydrogen) atoms. The molecule has 0 aliphatic heterocycles. The van der Waals surface area contributed by atoms with E-state index < -0.39 is 5.97 Å². The molecule has 0 aromatic heterocycles. The van der Waals surface area contributed by atoms with Crippen molar-refractivity contribution in [1.29, 1.82) is 0 Å². The van der Waals surface area contributed by atoms with Gasteiger partial charge in [-0.15, -0.1) is 0 Å². The first-order valence-electron chi connectivity index (χ1n) is 4.06. The molecule has 4 heteroatoms. The zero-order valence-electron chi connectivity index (χ0n) is 8.22. The molecule has 1 aromatic rings. The molecule has 0 unspecified atom stereocenters. The SMILES string of the molecule is COc1c(C(=O)O)cc(C)c(C)c1Br. The van der Waals surface area contributed by atoms with Crippen LogP contribution < -0.4 is 4.74 Å². The van der Waals surface area contributed by atoms with Crippen LogP contribution in [0.3, 0.4) is 0 Å². The fourth-order valence-electron chi connectivity index (χ4n) is 1.21. The maximum absolute atomic E-state index is 10.9. The lowest BCUT2D eigenvalue weighted by atomic mass is 10.1. The Morgan fingerprint density at radius 3 is 2.50 bits per heavy atom. The standard InChI is InChI=1S/C10H11BrO3/c1-5-4-7(10(12)13)9(14-3)8(11)6(5)2/h4H,1-3H3,(H,12,13). The van der Waals surface area contributed by atoms with E-state index in [2.05, 4.69) is 15.9 Å². The first kappa shape index (κ1) is 11.0. The van der Waals surface area contributed by atoms with Crippen molar-refractivity contribution in [3.63, 3.8) is 0 Å². The molecule has 0 fully saturated rings. The van der Waals surface area contributed by atoms with Crippen LogP contribution in [0.2, 0.25) is 0 Å². The summed E-state index contributed by atoms with van der Waals surface area (Å²) in [5, 5.41) is 8.94. The van der Waals surface area contributed by atoms with Gasteiger partial charge in [-0.3, -0.25) is 0 Å². The summed E-state index contributed by atoms with van der Waals surface area (Å²) in [4.78, 5) is 10.9. The highest BCUT2D eigenvalue weighted by molar-refractivity contribution is 9.10. The van der Waals surface area contributed by atoms with Crippen LogP contribution in [0.5, 0.6) is 5.75 Å². The van der Waals surface area contributed by atoms with Crippen molar-refractivity contribution >= 4 is 21.9 Å². The number of carboxylic acid groups (broad SMARTS) is 1. The van der Waals surface area contributed by atoms with Crippen LogP contribution >= 0.6 is 15.9 Å². The zero-order valence-corrected chi connectivity index (χ0v) is 9.81. The van der Waals surface area contributed by atoms with Gasteiger partial charge < -0.3 is 9.84 Å². The molecule has 1 rings (SSSR count). The fraction of sp³-hybridized carbons (Fsp3) is 0.300. The average Bonchev–Trinajstić information content (AvgIpc) is 2.13. The van der Waals surface area contributed by atoms with Crippen LogP contribution in [0.1, 0.15) is 21.5 Å². The van der Waals surface area contributed by atoms with Crippen LogP contribution in [0.15, 0.2) is 10.5 Å². The third-order valence-electron chi connectivity index (χ3n) is 2.16. The highest BCUT2D eigenvalue weighted by Gasteiger charge is 2.17. The number of hydrogen-bond acceptors (Lipinski definition) is 2. The van der Waals surface area contributed by atoms with E-state index in [4.69, 9.17) is 9.84 Å². The van der Waals surface area contributed by atoms with E-state index in [1.807, 2.05) is 13.8 Å². The van der Waals surface area contributed by atoms with Gasteiger partial charge in [0.25, 0.3) is 0 Å². The molecule has 3 nitrogen and oxygen atoms in total. The smallest absolute Gasteiger partial charge is 0.339 e. The number of halogens is 1. The highest BCUT2D eigenvalue weighted by Crippen LogP contribution is 2.34. The second kappa shape index (κ2) is 4.00. The van der Waals surface area contributed by atoms with Crippen LogP contribution in [-0.4, -0.2) is 18.2 Å². The number of hydrogen-bond donors (Lipinski definition) is 1. The van der Waals surface area contributed by atoms with Gasteiger partial charge in [-0.25, -0.2) is 4.79 Å². The molecule has 0 atom stereocenters. The van der Waals surface area contributed by atoms with Crippen LogP contribution in [0, 0.1) is 13.8 Å². The minimum atomic E-state index is -0.981. The number of aryl methyl sites for hydroxylation is 1. The largest absolute Gasteiger partial charge is 0.495 e. The summed E-state index contributed by atoms with van der Waals surface area (Å²) in [5.74, 6) is -0.605. The van der Waals surface area contributed by atoms with Gasteiger partial charge in [0.15, 0.2) is 0 Å². The van der Waals surface area contributed by atoms with Gasteiger partial charge in [-0.1, -0.05) is 0 Å². The summed E-state index contributed by atoms with van der Waals surface area (Å²) in [5.41, 5.74) is 2.10. The quantitative estimate of drug-likeness (QED) is 0.888. The van der Waals surface area contributed by atoms with Crippen molar-refractivity contribution in [2.24, 2.45) is 0 Å². The number of ether oxygens (including phenoxy) is 1. The zero-order chi connectivity index (χ0) is 10.9. The van der Waals surface area contributed by atoms with Crippen molar-refractivity contribution in [2.45, 2.75) is 13.8 Å². The maximum atomic E-state index is 10.9. The van der Waals surface area contributed by atoms with Crippen molar-refractivity contribution in [3.8, 4) is 5.75 Å². The van der Waals surface area contributed by atoms with Crippen molar-refractivity contribution in [2.75, 3.05) is 7.11 Å². The molecule has 1 aromatic carbocycles. The van der Waals surface area contributed by atoms with Crippen molar-refractivity contribution < 1.29 is 14.6 Å². The Morgan fingerprint density at radius 2 is 2.07 bits per heavy atom. The lowest BCUT2D eigenvalue weighted by molar-refractivity contribution is 0.0693. The minimum Gasteiger partial charge on any atom is -0.495 e. The number of rotatable bonds is 2. The Labute approximate surface area is 90.8 Å². The van der Waals surface area contributed by atoms with E-state index in [1.54, 1.807) is 6.07 Å². The Morgan fingerprint density at radius 1 is 1.50 bits per heavy atom. The van der Waals surface area contributed by atoms with Crippen molar-refractivity contribution in [3.05, 3.63) is 27.2 Å². The molecule has 0 amide bonds. The predicted octanol–water partition coefficient (Wildman–Crippen LogP) is 2.77. The monoisotopic (exact) mass is 258 g/mol. The molecular weight excluding hydrogens is 248 g/mol. The first-order chi connectivity index (χ1) is 6.49. The molecule has 0 saturated heterocycles. The van der Waals surface area contributed by atoms with Crippen LogP contribution in [0.25, 0.3) is 0 Å². The normalized spacial score (nSPS) is 10.0. The maximum Gasteiger partial charge on any atom is 0.339 e. The molecule has 0 aliphatic carbocycles. The van der Waals surface area contributed by atoms with Gasteiger partial charge in [0.2, 0.25) is 0 Å². The molecule has 76 valence electrons. The Hall–Kier alpha value is -1.03. The van der Waals surface area contributed by atoms with E-state index >= 15 is 0 Å². The predicted molar refractivity (Wildman–Crippen MR) is 57.1 cm³/mol. The highest BCUT2D eigenvalue weighted by atomic mass is 79.9. The van der Waals surface area contributed by atoms with Crippen LogP contribution in [-0.2, 0) is 0 Å². The van der Waals surface area contributed by atoms with Gasteiger partial charge in [0.1, 0.15) is 11.3 Å². The third-order valence-corrected chi connectivity index (χ3v) is 3.11. The molecule has 0 heterocycles. The summed E-state index contributed by atoms with van der Waals surface area (Å²) >= 11 is 3.32. The summed E-state index contributed by atoms with van der Waals surface area (Å²) < 4.78 is 5.75. The molecule has 1 N–H and O–H groups in total. The van der Waals surface area contributed by atoms with Gasteiger partial charge in [-0.2, -0.15) is 0 Å². The molecule has 0 spiro atoms. The average molecular weight is 259 g/mol.